The van der Waals surface area contributed by atoms with Gasteiger partial charge in [-0.05, 0) is 25.8 Å². The van der Waals surface area contributed by atoms with E-state index in [-0.39, 0.29) is 5.92 Å². The van der Waals surface area contributed by atoms with E-state index in [0.29, 0.717) is 13.1 Å². The minimum Gasteiger partial charge on any atom is -0.241 e. The average Bonchev–Trinajstić information content (AvgIpc) is 2.28. The third-order valence-corrected chi connectivity index (χ3v) is 4.40. The average molecular weight is 255 g/mol. The lowest BCUT2D eigenvalue weighted by Gasteiger charge is -2.29. The molecule has 0 amide bonds. The van der Waals surface area contributed by atoms with E-state index < -0.39 is 10.0 Å². The van der Waals surface area contributed by atoms with Gasteiger partial charge >= 0.3 is 0 Å². The molecule has 0 spiro atoms. The molecule has 6 heteroatoms. The highest BCUT2D eigenvalue weighted by Crippen LogP contribution is 2.26. The summed E-state index contributed by atoms with van der Waals surface area (Å²) < 4.78 is 24.3. The van der Waals surface area contributed by atoms with Crippen molar-refractivity contribution in [1.82, 2.24) is 14.3 Å². The summed E-state index contributed by atoms with van der Waals surface area (Å²) in [6, 6.07) is 1.87. The van der Waals surface area contributed by atoms with Crippen molar-refractivity contribution in [3.05, 3.63) is 23.8 Å². The van der Waals surface area contributed by atoms with Crippen LogP contribution in [0.3, 0.4) is 0 Å². The number of nitrogens with zero attached hydrogens (tertiary/aromatic N) is 3. The summed E-state index contributed by atoms with van der Waals surface area (Å²) in [5, 5.41) is 0. The molecule has 1 aromatic rings. The second kappa shape index (κ2) is 4.70. The molecule has 1 aliphatic rings. The quantitative estimate of drug-likeness (QED) is 0.788. The fraction of sp³-hybridized carbons (Fsp3) is 0.636. The molecule has 17 heavy (non-hydrogen) atoms. The molecule has 0 aromatic carbocycles. The zero-order chi connectivity index (χ0) is 12.5. The fourth-order valence-electron chi connectivity index (χ4n) is 2.11. The first kappa shape index (κ1) is 12.4. The monoisotopic (exact) mass is 255 g/mol. The van der Waals surface area contributed by atoms with Gasteiger partial charge in [-0.25, -0.2) is 22.7 Å². The van der Waals surface area contributed by atoms with Crippen LogP contribution in [0.25, 0.3) is 0 Å². The minimum atomic E-state index is -3.05. The van der Waals surface area contributed by atoms with Crippen LogP contribution in [0.15, 0.2) is 12.3 Å². The topological polar surface area (TPSA) is 63.2 Å². The number of hydrogen-bond acceptors (Lipinski definition) is 4. The van der Waals surface area contributed by atoms with Gasteiger partial charge in [0.25, 0.3) is 0 Å². The summed E-state index contributed by atoms with van der Waals surface area (Å²) >= 11 is 0. The van der Waals surface area contributed by atoms with E-state index in [1.54, 1.807) is 6.20 Å². The van der Waals surface area contributed by atoms with E-state index in [0.717, 1.165) is 24.4 Å². The molecule has 1 aliphatic heterocycles. The number of aromatic nitrogens is 2. The Kier molecular flexibility index (Phi) is 3.44. The van der Waals surface area contributed by atoms with Crippen LogP contribution in [0.4, 0.5) is 0 Å². The van der Waals surface area contributed by atoms with Crippen LogP contribution in [0.1, 0.15) is 30.3 Å². The van der Waals surface area contributed by atoms with Gasteiger partial charge < -0.3 is 0 Å². The lowest BCUT2D eigenvalue weighted by molar-refractivity contribution is 0.315. The van der Waals surface area contributed by atoms with Gasteiger partial charge in [0.1, 0.15) is 5.82 Å². The molecule has 0 saturated carbocycles. The van der Waals surface area contributed by atoms with Crippen LogP contribution in [-0.2, 0) is 10.0 Å². The van der Waals surface area contributed by atoms with Crippen LogP contribution in [0.2, 0.25) is 0 Å². The molecule has 1 saturated heterocycles. The number of rotatable bonds is 2. The first-order valence-corrected chi connectivity index (χ1v) is 7.56. The van der Waals surface area contributed by atoms with Gasteiger partial charge in [0.05, 0.1) is 6.26 Å². The van der Waals surface area contributed by atoms with Gasteiger partial charge in [-0.2, -0.15) is 0 Å². The summed E-state index contributed by atoms with van der Waals surface area (Å²) in [6.07, 6.45) is 4.63. The second-order valence-electron chi connectivity index (χ2n) is 4.49. The SMILES string of the molecule is Cc1ccnc(C2CCN(S(C)(=O)=O)CC2)n1. The summed E-state index contributed by atoms with van der Waals surface area (Å²) in [7, 11) is -3.05. The molecule has 0 atom stereocenters. The van der Waals surface area contributed by atoms with Crippen molar-refractivity contribution in [3.8, 4) is 0 Å². The van der Waals surface area contributed by atoms with Crippen molar-refractivity contribution < 1.29 is 8.42 Å². The van der Waals surface area contributed by atoms with Gasteiger partial charge in [-0.1, -0.05) is 0 Å². The zero-order valence-corrected chi connectivity index (χ0v) is 10.9. The van der Waals surface area contributed by atoms with Crippen LogP contribution in [0.5, 0.6) is 0 Å². The summed E-state index contributed by atoms with van der Waals surface area (Å²) in [5.74, 6) is 1.13. The minimum absolute atomic E-state index is 0.285. The van der Waals surface area contributed by atoms with E-state index in [1.807, 2.05) is 13.0 Å². The molecule has 1 aromatic heterocycles. The molecular formula is C11H17N3O2S. The summed E-state index contributed by atoms with van der Waals surface area (Å²) in [5.41, 5.74) is 0.959. The molecule has 0 N–H and O–H groups in total. The molecule has 1 fully saturated rings. The van der Waals surface area contributed by atoms with Crippen molar-refractivity contribution in [2.75, 3.05) is 19.3 Å². The van der Waals surface area contributed by atoms with Crippen LogP contribution in [-0.4, -0.2) is 42.0 Å². The predicted octanol–water partition coefficient (Wildman–Crippen LogP) is 0.924. The molecule has 0 radical (unpaired) electrons. The van der Waals surface area contributed by atoms with Gasteiger partial charge in [-0.15, -0.1) is 0 Å². The number of sulfonamides is 1. The van der Waals surface area contributed by atoms with E-state index in [1.165, 1.54) is 10.6 Å². The lowest BCUT2D eigenvalue weighted by atomic mass is 9.97. The Morgan fingerprint density at radius 2 is 2.00 bits per heavy atom. The summed E-state index contributed by atoms with van der Waals surface area (Å²) in [4.78, 5) is 8.68. The Morgan fingerprint density at radius 1 is 1.35 bits per heavy atom. The van der Waals surface area contributed by atoms with Crippen molar-refractivity contribution in [3.63, 3.8) is 0 Å². The summed E-state index contributed by atoms with van der Waals surface area (Å²) in [6.45, 7) is 3.08. The van der Waals surface area contributed by atoms with Crippen molar-refractivity contribution in [1.29, 1.82) is 0 Å². The molecule has 94 valence electrons. The first-order valence-electron chi connectivity index (χ1n) is 5.71. The maximum atomic E-state index is 11.4. The third kappa shape index (κ3) is 3.01. The maximum absolute atomic E-state index is 11.4. The van der Waals surface area contributed by atoms with E-state index in [4.69, 9.17) is 0 Å². The van der Waals surface area contributed by atoms with Crippen molar-refractivity contribution in [2.24, 2.45) is 0 Å². The number of hydrogen-bond donors (Lipinski definition) is 0. The predicted molar refractivity (Wildman–Crippen MR) is 65.2 cm³/mol. The highest BCUT2D eigenvalue weighted by atomic mass is 32.2. The smallest absolute Gasteiger partial charge is 0.211 e. The fourth-order valence-corrected chi connectivity index (χ4v) is 2.98. The molecule has 2 rings (SSSR count). The Balaban J connectivity index is 2.05. The Bertz CT molecular complexity index is 493. The highest BCUT2D eigenvalue weighted by molar-refractivity contribution is 7.88. The number of piperidine rings is 1. The van der Waals surface area contributed by atoms with Gasteiger partial charge in [0.2, 0.25) is 10.0 Å². The van der Waals surface area contributed by atoms with E-state index in [2.05, 4.69) is 9.97 Å². The standard InChI is InChI=1S/C11H17N3O2S/c1-9-3-6-12-11(13-9)10-4-7-14(8-5-10)17(2,15)16/h3,6,10H,4-5,7-8H2,1-2H3. The largest absolute Gasteiger partial charge is 0.241 e. The lowest BCUT2D eigenvalue weighted by Crippen LogP contribution is -2.37. The van der Waals surface area contributed by atoms with Crippen LogP contribution >= 0.6 is 0 Å². The molecule has 2 heterocycles. The number of aryl methyl sites for hydroxylation is 1. The highest BCUT2D eigenvalue weighted by Gasteiger charge is 2.26. The second-order valence-corrected chi connectivity index (χ2v) is 6.47. The Hall–Kier alpha value is -1.01. The van der Waals surface area contributed by atoms with Crippen molar-refractivity contribution in [2.45, 2.75) is 25.7 Å². The first-order chi connectivity index (χ1) is 7.97. The van der Waals surface area contributed by atoms with Crippen LogP contribution in [0, 0.1) is 6.92 Å². The zero-order valence-electron chi connectivity index (χ0n) is 10.1. The molecule has 5 nitrogen and oxygen atoms in total. The van der Waals surface area contributed by atoms with E-state index in [9.17, 15) is 8.42 Å². The Labute approximate surface area is 102 Å². The van der Waals surface area contributed by atoms with E-state index >= 15 is 0 Å². The van der Waals surface area contributed by atoms with Crippen molar-refractivity contribution >= 4 is 10.0 Å². The third-order valence-electron chi connectivity index (χ3n) is 3.10. The molecule has 0 aliphatic carbocycles. The van der Waals surface area contributed by atoms with Crippen LogP contribution < -0.4 is 0 Å². The Morgan fingerprint density at radius 3 is 2.53 bits per heavy atom. The molecular weight excluding hydrogens is 238 g/mol. The normalized spacial score (nSPS) is 19.4. The van der Waals surface area contributed by atoms with Gasteiger partial charge in [0.15, 0.2) is 0 Å². The molecule has 0 unspecified atom stereocenters. The molecule has 0 bridgehead atoms. The van der Waals surface area contributed by atoms with Gasteiger partial charge in [0, 0.05) is 30.9 Å². The maximum Gasteiger partial charge on any atom is 0.211 e. The van der Waals surface area contributed by atoms with Gasteiger partial charge in [-0.3, -0.25) is 0 Å².